The average Bonchev–Trinajstić information content (AvgIpc) is 2.35. The minimum atomic E-state index is -0.509. The highest BCUT2D eigenvalue weighted by atomic mass is 32.1. The minimum Gasteiger partial charge on any atom is -0.393 e. The fourth-order valence-electron chi connectivity index (χ4n) is 1.66. The number of likely N-dealkylation sites (tertiary alicyclic amines) is 1. The predicted octanol–water partition coefficient (Wildman–Crippen LogP) is 0.940. The smallest absolute Gasteiger partial charge is 0.232 e. The van der Waals surface area contributed by atoms with Crippen molar-refractivity contribution in [2.75, 3.05) is 6.54 Å². The Kier molecular flexibility index (Phi) is 3.38. The van der Waals surface area contributed by atoms with E-state index in [0.717, 1.165) is 0 Å². The quantitative estimate of drug-likeness (QED) is 0.591. The molecule has 1 saturated heterocycles. The van der Waals surface area contributed by atoms with Gasteiger partial charge in [-0.3, -0.25) is 14.5 Å². The van der Waals surface area contributed by atoms with Crippen LogP contribution in [0.15, 0.2) is 0 Å². The highest BCUT2D eigenvalue weighted by Gasteiger charge is 2.44. The molecule has 0 bridgehead atoms. The van der Waals surface area contributed by atoms with Crippen LogP contribution in [0.5, 0.6) is 0 Å². The number of hydrogen-bond acceptors (Lipinski definition) is 3. The number of imide groups is 1. The molecule has 0 spiro atoms. The van der Waals surface area contributed by atoms with Gasteiger partial charge in [0.1, 0.15) is 0 Å². The zero-order valence-electron chi connectivity index (χ0n) is 10.1. The van der Waals surface area contributed by atoms with Crippen molar-refractivity contribution in [2.24, 2.45) is 23.0 Å². The molecule has 1 rings (SSSR count). The summed E-state index contributed by atoms with van der Waals surface area (Å²) in [7, 11) is 0. The van der Waals surface area contributed by atoms with E-state index in [0.29, 0.717) is 4.99 Å². The van der Waals surface area contributed by atoms with Crippen molar-refractivity contribution < 1.29 is 9.59 Å². The van der Waals surface area contributed by atoms with Crippen molar-refractivity contribution in [1.29, 1.82) is 0 Å². The van der Waals surface area contributed by atoms with Gasteiger partial charge in [0.2, 0.25) is 11.8 Å². The van der Waals surface area contributed by atoms with Crippen molar-refractivity contribution in [1.82, 2.24) is 4.90 Å². The maximum absolute atomic E-state index is 11.8. The minimum absolute atomic E-state index is 0.123. The summed E-state index contributed by atoms with van der Waals surface area (Å²) in [5, 5.41) is 0. The van der Waals surface area contributed by atoms with Gasteiger partial charge >= 0.3 is 0 Å². The summed E-state index contributed by atoms with van der Waals surface area (Å²) in [6, 6.07) is 0. The monoisotopic (exact) mass is 242 g/mol. The maximum Gasteiger partial charge on any atom is 0.232 e. The molecule has 4 nitrogen and oxygen atoms in total. The third-order valence-electron chi connectivity index (χ3n) is 3.28. The zero-order chi connectivity index (χ0) is 12.7. The molecule has 16 heavy (non-hydrogen) atoms. The molecule has 1 fully saturated rings. The van der Waals surface area contributed by atoms with Crippen LogP contribution in [-0.4, -0.2) is 28.2 Å². The van der Waals surface area contributed by atoms with Crippen LogP contribution in [0.4, 0.5) is 0 Å². The van der Waals surface area contributed by atoms with Crippen LogP contribution in [0.3, 0.4) is 0 Å². The summed E-state index contributed by atoms with van der Waals surface area (Å²) >= 11 is 4.93. The molecule has 0 saturated carbocycles. The number of nitrogens with two attached hydrogens (primary N) is 1. The number of carbonyl (C=O) groups excluding carboxylic acids is 2. The van der Waals surface area contributed by atoms with Crippen LogP contribution in [0, 0.1) is 17.3 Å². The lowest BCUT2D eigenvalue weighted by atomic mass is 9.93. The van der Waals surface area contributed by atoms with Crippen LogP contribution in [0.2, 0.25) is 0 Å². The number of amides is 2. The summed E-state index contributed by atoms with van der Waals surface area (Å²) < 4.78 is 0. The first-order valence-electron chi connectivity index (χ1n) is 5.33. The lowest BCUT2D eigenvalue weighted by Gasteiger charge is -2.28. The lowest BCUT2D eigenvalue weighted by Crippen LogP contribution is -2.44. The fraction of sp³-hybridized carbons (Fsp3) is 0.727. The Balaban J connectivity index is 2.87. The Hall–Kier alpha value is -0.970. The zero-order valence-corrected chi connectivity index (χ0v) is 10.9. The fourth-order valence-corrected chi connectivity index (χ4v) is 1.72. The van der Waals surface area contributed by atoms with E-state index in [1.54, 1.807) is 13.8 Å². The van der Waals surface area contributed by atoms with Gasteiger partial charge in [-0.25, -0.2) is 0 Å². The first-order chi connectivity index (χ1) is 7.18. The second kappa shape index (κ2) is 4.13. The Morgan fingerprint density at radius 3 is 2.00 bits per heavy atom. The molecule has 2 amide bonds. The predicted molar refractivity (Wildman–Crippen MR) is 65.6 cm³/mol. The largest absolute Gasteiger partial charge is 0.393 e. The number of thiocarbonyl (C=S) groups is 1. The Morgan fingerprint density at radius 2 is 1.69 bits per heavy atom. The first kappa shape index (κ1) is 13.1. The van der Waals surface area contributed by atoms with Crippen LogP contribution in [0.25, 0.3) is 0 Å². The SMILES string of the molecule is CC1C(=O)N(CC(C)(C)C(N)=S)C(=O)C1C. The summed E-state index contributed by atoms with van der Waals surface area (Å²) in [4.78, 5) is 25.3. The van der Waals surface area contributed by atoms with E-state index in [4.69, 9.17) is 18.0 Å². The van der Waals surface area contributed by atoms with Crippen LogP contribution >= 0.6 is 12.2 Å². The summed E-state index contributed by atoms with van der Waals surface area (Å²) in [5.74, 6) is -0.729. The van der Waals surface area contributed by atoms with Gasteiger partial charge in [-0.2, -0.15) is 0 Å². The standard InChI is InChI=1S/C11H18N2O2S/c1-6-7(2)9(15)13(8(6)14)5-11(3,4)10(12)16/h6-7H,5H2,1-4H3,(H2,12,16). The molecular weight excluding hydrogens is 224 g/mol. The molecule has 0 aromatic heterocycles. The van der Waals surface area contributed by atoms with Crippen molar-refractivity contribution in [2.45, 2.75) is 27.7 Å². The molecule has 0 aromatic rings. The summed E-state index contributed by atoms with van der Waals surface area (Å²) in [5.41, 5.74) is 5.08. The molecule has 1 heterocycles. The topological polar surface area (TPSA) is 63.4 Å². The molecule has 2 unspecified atom stereocenters. The molecule has 0 aromatic carbocycles. The highest BCUT2D eigenvalue weighted by molar-refractivity contribution is 7.80. The average molecular weight is 242 g/mol. The molecular formula is C11H18N2O2S. The Morgan fingerprint density at radius 1 is 1.31 bits per heavy atom. The van der Waals surface area contributed by atoms with Gasteiger partial charge in [-0.05, 0) is 0 Å². The van der Waals surface area contributed by atoms with Gasteiger partial charge < -0.3 is 5.73 Å². The van der Waals surface area contributed by atoms with Gasteiger partial charge in [0.15, 0.2) is 0 Å². The normalized spacial score (nSPS) is 26.4. The van der Waals surface area contributed by atoms with E-state index in [9.17, 15) is 9.59 Å². The van der Waals surface area contributed by atoms with Gasteiger partial charge in [0.05, 0.1) is 4.99 Å². The third kappa shape index (κ3) is 2.09. The number of carbonyl (C=O) groups is 2. The van der Waals surface area contributed by atoms with E-state index in [2.05, 4.69) is 0 Å². The van der Waals surface area contributed by atoms with Gasteiger partial charge in [0.25, 0.3) is 0 Å². The van der Waals surface area contributed by atoms with E-state index in [1.165, 1.54) is 4.90 Å². The molecule has 1 aliphatic heterocycles. The van der Waals surface area contributed by atoms with E-state index in [-0.39, 0.29) is 30.2 Å². The first-order valence-corrected chi connectivity index (χ1v) is 5.74. The van der Waals surface area contributed by atoms with E-state index in [1.807, 2.05) is 13.8 Å². The number of hydrogen-bond donors (Lipinski definition) is 1. The van der Waals surface area contributed by atoms with Crippen LogP contribution < -0.4 is 5.73 Å². The molecule has 5 heteroatoms. The van der Waals surface area contributed by atoms with Crippen molar-refractivity contribution in [3.8, 4) is 0 Å². The molecule has 0 radical (unpaired) electrons. The second-order valence-electron chi connectivity index (χ2n) is 5.09. The van der Waals surface area contributed by atoms with Crippen LogP contribution in [0.1, 0.15) is 27.7 Å². The van der Waals surface area contributed by atoms with Crippen molar-refractivity contribution in [3.63, 3.8) is 0 Å². The number of nitrogens with zero attached hydrogens (tertiary/aromatic N) is 1. The van der Waals surface area contributed by atoms with Crippen molar-refractivity contribution in [3.05, 3.63) is 0 Å². The number of rotatable bonds is 3. The molecule has 1 aliphatic rings. The molecule has 2 atom stereocenters. The van der Waals surface area contributed by atoms with Gasteiger partial charge in [-0.15, -0.1) is 0 Å². The molecule has 0 aliphatic carbocycles. The highest BCUT2D eigenvalue weighted by Crippen LogP contribution is 2.29. The Labute approximate surface area is 101 Å². The Bertz CT molecular complexity index is 332. The lowest BCUT2D eigenvalue weighted by molar-refractivity contribution is -0.140. The summed E-state index contributed by atoms with van der Waals surface area (Å²) in [6.45, 7) is 7.50. The van der Waals surface area contributed by atoms with E-state index < -0.39 is 5.41 Å². The maximum atomic E-state index is 11.8. The van der Waals surface area contributed by atoms with Gasteiger partial charge in [0, 0.05) is 23.8 Å². The summed E-state index contributed by atoms with van der Waals surface area (Å²) in [6.07, 6.45) is 0. The molecule has 2 N–H and O–H groups in total. The van der Waals surface area contributed by atoms with Gasteiger partial charge in [-0.1, -0.05) is 39.9 Å². The third-order valence-corrected chi connectivity index (χ3v) is 3.83. The van der Waals surface area contributed by atoms with E-state index >= 15 is 0 Å². The second-order valence-corrected chi connectivity index (χ2v) is 5.53. The van der Waals surface area contributed by atoms with Crippen LogP contribution in [-0.2, 0) is 9.59 Å². The van der Waals surface area contributed by atoms with Crippen molar-refractivity contribution >= 4 is 29.0 Å². The molecule has 90 valence electrons.